The Morgan fingerprint density at radius 2 is 1.02 bits per heavy atom. The van der Waals surface area contributed by atoms with Crippen molar-refractivity contribution in [1.82, 2.24) is 0 Å². The van der Waals surface area contributed by atoms with Crippen molar-refractivity contribution in [3.8, 4) is 0 Å². The largest absolute Gasteiger partial charge is 0.394 e. The first-order valence-corrected chi connectivity index (χ1v) is 17.1. The number of aliphatic hydroxyl groups excluding tert-OH is 2. The van der Waals surface area contributed by atoms with E-state index in [1.807, 2.05) is 36.4 Å². The van der Waals surface area contributed by atoms with Crippen molar-refractivity contribution in [3.05, 3.63) is 108 Å². The topological polar surface area (TPSA) is 155 Å². The summed E-state index contributed by atoms with van der Waals surface area (Å²) in [6.07, 6.45) is -6.09. The number of ether oxygens (including phenoxy) is 3. The molecule has 0 radical (unpaired) electrons. The number of aliphatic hydroxyl groups is 2. The molecule has 0 aliphatic heterocycles. The Bertz CT molecular complexity index is 1420. The molecule has 11 nitrogen and oxygen atoms in total. The Labute approximate surface area is 253 Å². The van der Waals surface area contributed by atoms with Crippen LogP contribution in [0.1, 0.15) is 16.7 Å². The van der Waals surface area contributed by atoms with Gasteiger partial charge in [-0.15, -0.1) is 0 Å². The summed E-state index contributed by atoms with van der Waals surface area (Å²) in [6.45, 7) is -1.28. The quantitative estimate of drug-likeness (QED) is 0.186. The maximum atomic E-state index is 12.5. The fourth-order valence-electron chi connectivity index (χ4n) is 4.24. The normalized spacial score (nSPS) is 15.8. The molecule has 0 unspecified atom stereocenters. The SMILES string of the molecule is CS(=O)(=O)O[C@H]([C@@H](OCc1ccccc1)[C@H](OCc1ccccc1)[C@H](COCc1ccccc1)OS(C)(=O)=O)[C@@H](O)CO. The first-order chi connectivity index (χ1) is 20.4. The molecule has 0 aliphatic carbocycles. The zero-order valence-corrected chi connectivity index (χ0v) is 25.6. The van der Waals surface area contributed by atoms with Crippen LogP contribution in [0.25, 0.3) is 0 Å². The molecule has 236 valence electrons. The van der Waals surface area contributed by atoms with E-state index in [9.17, 15) is 27.0 Å². The molecule has 0 bridgehead atoms. The summed E-state index contributed by atoms with van der Waals surface area (Å²) < 4.78 is 78.4. The zero-order chi connectivity index (χ0) is 31.3. The maximum Gasteiger partial charge on any atom is 0.264 e. The van der Waals surface area contributed by atoms with Crippen molar-refractivity contribution >= 4 is 20.2 Å². The molecule has 3 aromatic rings. The smallest absolute Gasteiger partial charge is 0.264 e. The highest BCUT2D eigenvalue weighted by atomic mass is 32.2. The van der Waals surface area contributed by atoms with Gasteiger partial charge in [0.05, 0.1) is 45.5 Å². The second-order valence-corrected chi connectivity index (χ2v) is 13.1. The Balaban J connectivity index is 2.05. The minimum Gasteiger partial charge on any atom is -0.394 e. The van der Waals surface area contributed by atoms with Crippen molar-refractivity contribution in [1.29, 1.82) is 0 Å². The van der Waals surface area contributed by atoms with Crippen molar-refractivity contribution in [2.75, 3.05) is 25.7 Å². The predicted octanol–water partition coefficient (Wildman–Crippen LogP) is 2.42. The lowest BCUT2D eigenvalue weighted by molar-refractivity contribution is -0.182. The fraction of sp³-hybridized carbons (Fsp3) is 0.400. The molecule has 13 heteroatoms. The lowest BCUT2D eigenvalue weighted by Crippen LogP contribution is -2.55. The van der Waals surface area contributed by atoms with Crippen LogP contribution in [0, 0.1) is 0 Å². The van der Waals surface area contributed by atoms with Crippen LogP contribution in [-0.2, 0) is 62.6 Å². The summed E-state index contributed by atoms with van der Waals surface area (Å²) in [5, 5.41) is 20.6. The number of hydrogen-bond acceptors (Lipinski definition) is 11. The van der Waals surface area contributed by atoms with Gasteiger partial charge in [-0.1, -0.05) is 91.0 Å². The van der Waals surface area contributed by atoms with Crippen molar-refractivity contribution < 1.29 is 49.6 Å². The number of benzene rings is 3. The van der Waals surface area contributed by atoms with Crippen molar-refractivity contribution in [3.63, 3.8) is 0 Å². The Kier molecular flexibility index (Phi) is 13.7. The highest BCUT2D eigenvalue weighted by molar-refractivity contribution is 7.86. The van der Waals surface area contributed by atoms with E-state index in [0.29, 0.717) is 11.1 Å². The van der Waals surface area contributed by atoms with E-state index in [-0.39, 0.29) is 26.4 Å². The van der Waals surface area contributed by atoms with Gasteiger partial charge in [0.1, 0.15) is 30.5 Å². The average molecular weight is 639 g/mol. The van der Waals surface area contributed by atoms with Crippen LogP contribution in [-0.4, -0.2) is 83.3 Å². The van der Waals surface area contributed by atoms with E-state index in [1.165, 1.54) is 0 Å². The molecule has 43 heavy (non-hydrogen) atoms. The molecule has 0 amide bonds. The van der Waals surface area contributed by atoms with Crippen LogP contribution in [0.4, 0.5) is 0 Å². The van der Waals surface area contributed by atoms with Gasteiger partial charge in [-0.25, -0.2) is 0 Å². The molecule has 2 N–H and O–H groups in total. The molecule has 0 aromatic heterocycles. The second-order valence-electron chi connectivity index (χ2n) is 9.88. The van der Waals surface area contributed by atoms with Crippen molar-refractivity contribution in [2.24, 2.45) is 0 Å². The molecular formula is C30H38O11S2. The first kappa shape index (κ1) is 34.8. The molecule has 0 heterocycles. The summed E-state index contributed by atoms with van der Waals surface area (Å²) in [4.78, 5) is 0. The van der Waals surface area contributed by atoms with Gasteiger partial charge in [-0.3, -0.25) is 8.37 Å². The van der Waals surface area contributed by atoms with Gasteiger partial charge in [0, 0.05) is 0 Å². The average Bonchev–Trinajstić information content (AvgIpc) is 2.97. The number of hydrogen-bond donors (Lipinski definition) is 2. The minimum atomic E-state index is -4.22. The molecule has 0 aliphatic rings. The molecule has 0 spiro atoms. The third-order valence-electron chi connectivity index (χ3n) is 6.13. The van der Waals surface area contributed by atoms with Gasteiger partial charge in [0.2, 0.25) is 0 Å². The van der Waals surface area contributed by atoms with Gasteiger partial charge in [0.25, 0.3) is 20.2 Å². The van der Waals surface area contributed by atoms with E-state index < -0.39 is 57.4 Å². The van der Waals surface area contributed by atoms with Gasteiger partial charge in [-0.05, 0) is 16.7 Å². The van der Waals surface area contributed by atoms with E-state index in [1.54, 1.807) is 54.6 Å². The molecule has 5 atom stereocenters. The molecule has 3 aromatic carbocycles. The molecule has 0 saturated heterocycles. The van der Waals surface area contributed by atoms with E-state index in [2.05, 4.69) is 0 Å². The summed E-state index contributed by atoms with van der Waals surface area (Å²) in [5.41, 5.74) is 2.21. The fourth-order valence-corrected chi connectivity index (χ4v) is 5.49. The Morgan fingerprint density at radius 1 is 0.605 bits per heavy atom. The third kappa shape index (κ3) is 12.8. The summed E-state index contributed by atoms with van der Waals surface area (Å²) in [7, 11) is -8.34. The van der Waals surface area contributed by atoms with Gasteiger partial charge in [0.15, 0.2) is 0 Å². The van der Waals surface area contributed by atoms with Crippen molar-refractivity contribution in [2.45, 2.75) is 50.3 Å². The van der Waals surface area contributed by atoms with Crippen LogP contribution >= 0.6 is 0 Å². The lowest BCUT2D eigenvalue weighted by Gasteiger charge is -2.37. The van der Waals surface area contributed by atoms with Crippen LogP contribution in [0.5, 0.6) is 0 Å². The van der Waals surface area contributed by atoms with E-state index >= 15 is 0 Å². The Morgan fingerprint density at radius 3 is 1.44 bits per heavy atom. The van der Waals surface area contributed by atoms with Gasteiger partial charge >= 0.3 is 0 Å². The monoisotopic (exact) mass is 638 g/mol. The van der Waals surface area contributed by atoms with Crippen LogP contribution in [0.15, 0.2) is 91.0 Å². The van der Waals surface area contributed by atoms with Gasteiger partial charge < -0.3 is 24.4 Å². The maximum absolute atomic E-state index is 12.5. The highest BCUT2D eigenvalue weighted by Crippen LogP contribution is 2.25. The van der Waals surface area contributed by atoms with E-state index in [0.717, 1.165) is 18.1 Å². The standard InChI is InChI=1S/C30H38O11S2/c1-42(33,34)40-27(22-37-19-23-12-6-3-7-13-23)29(38-20-24-14-8-4-9-15-24)30(39-21-25-16-10-5-11-17-25)28(26(32)18-31)41-43(2,35)36/h3-17,26-32H,18-22H2,1-2H3/t26-,27-,28-,29+,30+/m0/s1. The Hall–Kier alpha value is -2.72. The summed E-state index contributed by atoms with van der Waals surface area (Å²) in [6, 6.07) is 27.0. The lowest BCUT2D eigenvalue weighted by atomic mass is 9.98. The summed E-state index contributed by atoms with van der Waals surface area (Å²) >= 11 is 0. The molecule has 0 saturated carbocycles. The molecule has 3 rings (SSSR count). The van der Waals surface area contributed by atoms with Crippen LogP contribution in [0.2, 0.25) is 0 Å². The molecular weight excluding hydrogens is 600 g/mol. The van der Waals surface area contributed by atoms with Crippen LogP contribution in [0.3, 0.4) is 0 Å². The summed E-state index contributed by atoms with van der Waals surface area (Å²) in [5.74, 6) is 0. The second kappa shape index (κ2) is 16.9. The zero-order valence-electron chi connectivity index (χ0n) is 24.0. The highest BCUT2D eigenvalue weighted by Gasteiger charge is 2.44. The molecule has 0 fully saturated rings. The minimum absolute atomic E-state index is 0.0696. The third-order valence-corrected chi connectivity index (χ3v) is 7.30. The first-order valence-electron chi connectivity index (χ1n) is 13.4. The van der Waals surface area contributed by atoms with E-state index in [4.69, 9.17) is 22.6 Å². The number of rotatable bonds is 19. The van der Waals surface area contributed by atoms with Crippen LogP contribution < -0.4 is 0 Å². The predicted molar refractivity (Wildman–Crippen MR) is 159 cm³/mol. The van der Waals surface area contributed by atoms with Gasteiger partial charge in [-0.2, -0.15) is 16.8 Å².